The van der Waals surface area contributed by atoms with Crippen LogP contribution in [0, 0.1) is 13.8 Å². The molecule has 1 N–H and O–H groups in total. The van der Waals surface area contributed by atoms with Gasteiger partial charge in [-0.25, -0.2) is 0 Å². The number of amides is 1. The Morgan fingerprint density at radius 1 is 1.00 bits per heavy atom. The Hall–Kier alpha value is -2.29. The van der Waals surface area contributed by atoms with Crippen molar-refractivity contribution in [3.63, 3.8) is 0 Å². The lowest BCUT2D eigenvalue weighted by atomic mass is 9.87. The molecular formula is C20H25NO2. The maximum absolute atomic E-state index is 12.6. The number of methoxy groups -OCH3 is 1. The molecule has 0 radical (unpaired) electrons. The Balaban J connectivity index is 2.36. The van der Waals surface area contributed by atoms with Crippen LogP contribution in [0.1, 0.15) is 47.8 Å². The number of ether oxygens (including phenoxy) is 1. The number of rotatable bonds is 3. The summed E-state index contributed by atoms with van der Waals surface area (Å²) >= 11 is 0. The Bertz CT molecular complexity index is 707. The van der Waals surface area contributed by atoms with Gasteiger partial charge < -0.3 is 10.1 Å². The first-order chi connectivity index (χ1) is 10.7. The summed E-state index contributed by atoms with van der Waals surface area (Å²) in [5, 5.41) is 2.98. The van der Waals surface area contributed by atoms with E-state index in [1.54, 1.807) is 7.11 Å². The van der Waals surface area contributed by atoms with Gasteiger partial charge in [-0.05, 0) is 49.1 Å². The van der Waals surface area contributed by atoms with E-state index in [1.807, 2.05) is 44.2 Å². The summed E-state index contributed by atoms with van der Waals surface area (Å²) in [6, 6.07) is 11.8. The summed E-state index contributed by atoms with van der Waals surface area (Å²) in [6.45, 7) is 10.4. The number of anilines is 1. The van der Waals surface area contributed by atoms with Crippen molar-refractivity contribution in [3.05, 3.63) is 58.7 Å². The second kappa shape index (κ2) is 6.45. The fraction of sp³-hybridized carbons (Fsp3) is 0.350. The van der Waals surface area contributed by atoms with Crippen molar-refractivity contribution in [2.45, 2.75) is 40.0 Å². The molecule has 3 nitrogen and oxygen atoms in total. The van der Waals surface area contributed by atoms with Crippen molar-refractivity contribution in [1.82, 2.24) is 0 Å². The number of nitrogens with one attached hydrogen (secondary N) is 1. The molecule has 0 aliphatic heterocycles. The molecule has 0 saturated heterocycles. The molecule has 0 fully saturated rings. The topological polar surface area (TPSA) is 38.3 Å². The third kappa shape index (κ3) is 4.13. The van der Waals surface area contributed by atoms with Gasteiger partial charge in [0.1, 0.15) is 5.75 Å². The minimum Gasteiger partial charge on any atom is -0.495 e. The van der Waals surface area contributed by atoms with Gasteiger partial charge in [0.2, 0.25) is 0 Å². The number of hydrogen-bond donors (Lipinski definition) is 1. The summed E-state index contributed by atoms with van der Waals surface area (Å²) in [5.41, 5.74) is 4.66. The zero-order valence-electron chi connectivity index (χ0n) is 14.8. The van der Waals surface area contributed by atoms with E-state index in [9.17, 15) is 4.79 Å². The van der Waals surface area contributed by atoms with Gasteiger partial charge in [-0.1, -0.05) is 44.0 Å². The van der Waals surface area contributed by atoms with Crippen LogP contribution in [0.5, 0.6) is 5.75 Å². The second-order valence-corrected chi connectivity index (χ2v) is 7.00. The van der Waals surface area contributed by atoms with Crippen LogP contribution >= 0.6 is 0 Å². The Morgan fingerprint density at radius 3 is 2.13 bits per heavy atom. The van der Waals surface area contributed by atoms with Crippen LogP contribution in [0.25, 0.3) is 0 Å². The summed E-state index contributed by atoms with van der Waals surface area (Å²) in [6.07, 6.45) is 0. The van der Waals surface area contributed by atoms with E-state index >= 15 is 0 Å². The van der Waals surface area contributed by atoms with Gasteiger partial charge in [0, 0.05) is 5.56 Å². The molecule has 1 amide bonds. The van der Waals surface area contributed by atoms with Gasteiger partial charge >= 0.3 is 0 Å². The Labute approximate surface area is 138 Å². The quantitative estimate of drug-likeness (QED) is 0.879. The Morgan fingerprint density at radius 2 is 1.61 bits per heavy atom. The normalized spacial score (nSPS) is 11.2. The molecule has 0 spiro atoms. The third-order valence-electron chi connectivity index (χ3n) is 3.80. The fourth-order valence-corrected chi connectivity index (χ4v) is 2.57. The first-order valence-corrected chi connectivity index (χ1v) is 7.79. The highest BCUT2D eigenvalue weighted by molar-refractivity contribution is 6.05. The molecule has 0 saturated carbocycles. The summed E-state index contributed by atoms with van der Waals surface area (Å²) in [4.78, 5) is 12.6. The number of aryl methyl sites for hydroxylation is 2. The molecule has 0 heterocycles. The average Bonchev–Trinajstić information content (AvgIpc) is 2.45. The molecule has 2 rings (SSSR count). The van der Waals surface area contributed by atoms with Crippen molar-refractivity contribution >= 4 is 11.6 Å². The lowest BCUT2D eigenvalue weighted by Gasteiger charge is -2.21. The molecule has 3 heteroatoms. The molecule has 0 aromatic heterocycles. The van der Waals surface area contributed by atoms with Crippen LogP contribution in [0.2, 0.25) is 0 Å². The predicted molar refractivity (Wildman–Crippen MR) is 95.6 cm³/mol. The van der Waals surface area contributed by atoms with E-state index < -0.39 is 0 Å². The van der Waals surface area contributed by atoms with Crippen LogP contribution in [0.15, 0.2) is 36.4 Å². The Kier molecular flexibility index (Phi) is 4.79. The number of carbonyl (C=O) groups is 1. The molecular weight excluding hydrogens is 286 g/mol. The average molecular weight is 311 g/mol. The molecule has 122 valence electrons. The maximum atomic E-state index is 12.6. The summed E-state index contributed by atoms with van der Waals surface area (Å²) < 4.78 is 5.38. The molecule has 23 heavy (non-hydrogen) atoms. The molecule has 2 aromatic rings. The van der Waals surface area contributed by atoms with E-state index in [0.717, 1.165) is 16.7 Å². The first kappa shape index (κ1) is 17.1. The highest BCUT2D eigenvalue weighted by Gasteiger charge is 2.17. The standard InChI is InChI=1S/C20H25NO2/c1-13-9-14(2)11-15(10-13)19(22)21-17-12-16(20(3,4)5)7-8-18(17)23-6/h7-12H,1-6H3,(H,21,22). The predicted octanol–water partition coefficient (Wildman–Crippen LogP) is 4.86. The van der Waals surface area contributed by atoms with Crippen LogP contribution in [0.4, 0.5) is 5.69 Å². The molecule has 0 aliphatic rings. The van der Waals surface area contributed by atoms with E-state index in [4.69, 9.17) is 4.74 Å². The van der Waals surface area contributed by atoms with Crippen molar-refractivity contribution in [3.8, 4) is 5.75 Å². The van der Waals surface area contributed by atoms with Crippen LogP contribution in [-0.4, -0.2) is 13.0 Å². The lowest BCUT2D eigenvalue weighted by Crippen LogP contribution is -2.15. The van der Waals surface area contributed by atoms with Crippen LogP contribution < -0.4 is 10.1 Å². The molecule has 0 bridgehead atoms. The molecule has 0 aliphatic carbocycles. The SMILES string of the molecule is COc1ccc(C(C)(C)C)cc1NC(=O)c1cc(C)cc(C)c1. The zero-order chi connectivity index (χ0) is 17.2. The minimum atomic E-state index is -0.124. The summed E-state index contributed by atoms with van der Waals surface area (Å²) in [7, 11) is 1.61. The van der Waals surface area contributed by atoms with Gasteiger partial charge in [-0.15, -0.1) is 0 Å². The molecule has 2 aromatic carbocycles. The van der Waals surface area contributed by atoms with Gasteiger partial charge in [-0.3, -0.25) is 4.79 Å². The smallest absolute Gasteiger partial charge is 0.255 e. The van der Waals surface area contributed by atoms with E-state index in [0.29, 0.717) is 17.0 Å². The van der Waals surface area contributed by atoms with Gasteiger partial charge in [0.15, 0.2) is 0 Å². The van der Waals surface area contributed by atoms with Gasteiger partial charge in [0.25, 0.3) is 5.91 Å². The highest BCUT2D eigenvalue weighted by atomic mass is 16.5. The molecule has 0 atom stereocenters. The summed E-state index contributed by atoms with van der Waals surface area (Å²) in [5.74, 6) is 0.539. The monoisotopic (exact) mass is 311 g/mol. The second-order valence-electron chi connectivity index (χ2n) is 7.00. The fourth-order valence-electron chi connectivity index (χ4n) is 2.57. The van der Waals surface area contributed by atoms with Crippen molar-refractivity contribution in [2.75, 3.05) is 12.4 Å². The van der Waals surface area contributed by atoms with Gasteiger partial charge in [0.05, 0.1) is 12.8 Å². The highest BCUT2D eigenvalue weighted by Crippen LogP contribution is 2.31. The maximum Gasteiger partial charge on any atom is 0.255 e. The zero-order valence-corrected chi connectivity index (χ0v) is 14.8. The lowest BCUT2D eigenvalue weighted by molar-refractivity contribution is 0.102. The van der Waals surface area contributed by atoms with Crippen molar-refractivity contribution in [2.24, 2.45) is 0 Å². The minimum absolute atomic E-state index is 0.00563. The van der Waals surface area contributed by atoms with Crippen molar-refractivity contribution in [1.29, 1.82) is 0 Å². The number of hydrogen-bond acceptors (Lipinski definition) is 2. The van der Waals surface area contributed by atoms with Gasteiger partial charge in [-0.2, -0.15) is 0 Å². The van der Waals surface area contributed by atoms with E-state index in [-0.39, 0.29) is 11.3 Å². The third-order valence-corrected chi connectivity index (χ3v) is 3.80. The van der Waals surface area contributed by atoms with E-state index in [2.05, 4.69) is 32.2 Å². The number of carbonyl (C=O) groups excluding carboxylic acids is 1. The first-order valence-electron chi connectivity index (χ1n) is 7.79. The van der Waals surface area contributed by atoms with Crippen LogP contribution in [-0.2, 0) is 5.41 Å². The van der Waals surface area contributed by atoms with Crippen molar-refractivity contribution < 1.29 is 9.53 Å². The molecule has 0 unspecified atom stereocenters. The largest absolute Gasteiger partial charge is 0.495 e. The van der Waals surface area contributed by atoms with E-state index in [1.165, 1.54) is 0 Å². The number of benzene rings is 2. The van der Waals surface area contributed by atoms with Crippen LogP contribution in [0.3, 0.4) is 0 Å².